The Kier molecular flexibility index (Phi) is 5.41. The third kappa shape index (κ3) is 4.69. The zero-order valence-electron chi connectivity index (χ0n) is 13.3. The molecule has 124 valence electrons. The van der Waals surface area contributed by atoms with Gasteiger partial charge in [0.15, 0.2) is 11.5 Å². The molecule has 2 aromatic heterocycles. The van der Waals surface area contributed by atoms with Crippen molar-refractivity contribution in [2.75, 3.05) is 13.2 Å². The van der Waals surface area contributed by atoms with E-state index in [1.165, 1.54) is 0 Å². The lowest BCUT2D eigenvalue weighted by Gasteiger charge is -1.99. The molecule has 0 saturated heterocycles. The number of amides is 1. The Morgan fingerprint density at radius 2 is 2.04 bits per heavy atom. The molecule has 0 aliphatic rings. The maximum Gasteiger partial charge on any atom is 0.274 e. The molecule has 3 aromatic rings. The zero-order chi connectivity index (χ0) is 17.3. The first kappa shape index (κ1) is 16.3. The van der Waals surface area contributed by atoms with Crippen LogP contribution in [0.2, 0.25) is 0 Å². The second-order valence-electron chi connectivity index (χ2n) is 4.96. The van der Waals surface area contributed by atoms with E-state index in [0.717, 1.165) is 5.56 Å². The fraction of sp³-hybridized carbons (Fsp3) is 0.105. The smallest absolute Gasteiger partial charge is 0.274 e. The van der Waals surface area contributed by atoms with Gasteiger partial charge in [-0.25, -0.2) is 0 Å². The number of nitrogens with zero attached hydrogens (tertiary/aromatic N) is 2. The van der Waals surface area contributed by atoms with E-state index in [9.17, 15) is 4.79 Å². The topological polar surface area (TPSA) is 77.2 Å². The van der Waals surface area contributed by atoms with E-state index in [1.807, 2.05) is 30.3 Å². The van der Waals surface area contributed by atoms with Crippen LogP contribution in [0.5, 0.6) is 5.75 Å². The summed E-state index contributed by atoms with van der Waals surface area (Å²) in [5.74, 6) is 6.48. The molecule has 0 aliphatic carbocycles. The fourth-order valence-corrected chi connectivity index (χ4v) is 2.00. The zero-order valence-corrected chi connectivity index (χ0v) is 13.3. The van der Waals surface area contributed by atoms with E-state index in [1.54, 1.807) is 30.6 Å². The molecular formula is C19H15N3O3. The minimum atomic E-state index is -0.339. The maximum atomic E-state index is 12.0. The molecule has 2 heterocycles. The molecule has 0 spiro atoms. The summed E-state index contributed by atoms with van der Waals surface area (Å²) < 4.78 is 10.6. The van der Waals surface area contributed by atoms with Gasteiger partial charge in [-0.15, -0.1) is 0 Å². The van der Waals surface area contributed by atoms with Crippen LogP contribution in [0.15, 0.2) is 65.4 Å². The van der Waals surface area contributed by atoms with Gasteiger partial charge in [0, 0.05) is 17.8 Å². The van der Waals surface area contributed by atoms with E-state index in [-0.39, 0.29) is 24.8 Å². The highest BCUT2D eigenvalue weighted by atomic mass is 16.5. The summed E-state index contributed by atoms with van der Waals surface area (Å²) in [6.07, 6.45) is 3.28. The predicted molar refractivity (Wildman–Crippen MR) is 91.8 cm³/mol. The van der Waals surface area contributed by atoms with Gasteiger partial charge in [0.05, 0.1) is 12.7 Å². The Bertz CT molecular complexity index is 880. The summed E-state index contributed by atoms with van der Waals surface area (Å²) in [6, 6.07) is 14.6. The first-order valence-electron chi connectivity index (χ1n) is 7.62. The number of aromatic nitrogens is 2. The van der Waals surface area contributed by atoms with Crippen molar-refractivity contribution in [2.45, 2.75) is 0 Å². The van der Waals surface area contributed by atoms with Crippen molar-refractivity contribution in [1.29, 1.82) is 0 Å². The summed E-state index contributed by atoms with van der Waals surface area (Å²) >= 11 is 0. The van der Waals surface area contributed by atoms with Crippen molar-refractivity contribution in [1.82, 2.24) is 15.5 Å². The number of ether oxygens (including phenoxy) is 1. The van der Waals surface area contributed by atoms with Crippen molar-refractivity contribution >= 4 is 5.91 Å². The second-order valence-corrected chi connectivity index (χ2v) is 4.96. The van der Waals surface area contributed by atoms with E-state index >= 15 is 0 Å². The SMILES string of the molecule is O=C(NCC#CCOc1cccnc1)c1cc(-c2ccccc2)on1. The molecule has 3 rings (SSSR count). The van der Waals surface area contributed by atoms with Crippen LogP contribution in [-0.2, 0) is 0 Å². The van der Waals surface area contributed by atoms with Crippen LogP contribution in [0, 0.1) is 11.8 Å². The lowest BCUT2D eigenvalue weighted by Crippen LogP contribution is -2.23. The summed E-state index contributed by atoms with van der Waals surface area (Å²) in [5, 5.41) is 6.44. The Labute approximate surface area is 144 Å². The minimum Gasteiger partial charge on any atom is -0.479 e. The number of nitrogens with one attached hydrogen (secondary N) is 1. The Morgan fingerprint density at radius 1 is 1.16 bits per heavy atom. The van der Waals surface area contributed by atoms with Gasteiger partial charge in [0.25, 0.3) is 5.91 Å². The average molecular weight is 333 g/mol. The Hall–Kier alpha value is -3.59. The lowest BCUT2D eigenvalue weighted by atomic mass is 10.1. The van der Waals surface area contributed by atoms with Gasteiger partial charge in [-0.1, -0.05) is 47.3 Å². The second kappa shape index (κ2) is 8.31. The molecule has 6 heteroatoms. The summed E-state index contributed by atoms with van der Waals surface area (Å²) in [7, 11) is 0. The van der Waals surface area contributed by atoms with Gasteiger partial charge in [-0.05, 0) is 12.1 Å². The average Bonchev–Trinajstić information content (AvgIpc) is 3.16. The van der Waals surface area contributed by atoms with E-state index in [0.29, 0.717) is 11.5 Å². The first-order valence-corrected chi connectivity index (χ1v) is 7.62. The number of pyridine rings is 1. The molecule has 0 saturated carbocycles. The molecule has 0 bridgehead atoms. The van der Waals surface area contributed by atoms with E-state index in [4.69, 9.17) is 9.26 Å². The molecule has 0 atom stereocenters. The van der Waals surface area contributed by atoms with Crippen LogP contribution in [0.3, 0.4) is 0 Å². The number of benzene rings is 1. The molecule has 6 nitrogen and oxygen atoms in total. The van der Waals surface area contributed by atoms with E-state index in [2.05, 4.69) is 27.3 Å². The predicted octanol–water partition coefficient (Wildman–Crippen LogP) is 2.55. The maximum absolute atomic E-state index is 12.0. The van der Waals surface area contributed by atoms with Crippen molar-refractivity contribution in [2.24, 2.45) is 0 Å². The summed E-state index contributed by atoms with van der Waals surface area (Å²) in [5.41, 5.74) is 1.08. The van der Waals surface area contributed by atoms with Crippen molar-refractivity contribution in [3.63, 3.8) is 0 Å². The molecule has 0 fully saturated rings. The van der Waals surface area contributed by atoms with Crippen LogP contribution in [0.1, 0.15) is 10.5 Å². The van der Waals surface area contributed by atoms with Crippen LogP contribution in [0.4, 0.5) is 0 Å². The highest BCUT2D eigenvalue weighted by Crippen LogP contribution is 2.19. The van der Waals surface area contributed by atoms with Crippen LogP contribution >= 0.6 is 0 Å². The first-order chi connectivity index (χ1) is 12.3. The normalized spacial score (nSPS) is 9.76. The third-order valence-corrected chi connectivity index (χ3v) is 3.21. The standard InChI is InChI=1S/C19H15N3O3/c23-19(17-13-18(25-22-17)15-7-2-1-3-8-15)21-11-4-5-12-24-16-9-6-10-20-14-16/h1-3,6-10,13-14H,11-12H2,(H,21,23). The fourth-order valence-electron chi connectivity index (χ4n) is 2.00. The van der Waals surface area contributed by atoms with Gasteiger partial charge in [0.2, 0.25) is 0 Å². The molecule has 1 aromatic carbocycles. The molecule has 0 aliphatic heterocycles. The Balaban J connectivity index is 1.46. The van der Waals surface area contributed by atoms with Gasteiger partial charge >= 0.3 is 0 Å². The van der Waals surface area contributed by atoms with Crippen molar-refractivity contribution in [3.05, 3.63) is 66.6 Å². The number of carbonyl (C=O) groups excluding carboxylic acids is 1. The lowest BCUT2D eigenvalue weighted by molar-refractivity contribution is 0.0949. The quantitative estimate of drug-likeness (QED) is 0.726. The highest BCUT2D eigenvalue weighted by molar-refractivity contribution is 5.93. The summed E-state index contributed by atoms with van der Waals surface area (Å²) in [6.45, 7) is 0.423. The molecule has 1 amide bonds. The molecule has 0 unspecified atom stereocenters. The van der Waals surface area contributed by atoms with Gasteiger partial charge in [-0.2, -0.15) is 0 Å². The molecule has 1 N–H and O–H groups in total. The number of hydrogen-bond acceptors (Lipinski definition) is 5. The third-order valence-electron chi connectivity index (χ3n) is 3.21. The van der Waals surface area contributed by atoms with E-state index < -0.39 is 0 Å². The Morgan fingerprint density at radius 3 is 2.84 bits per heavy atom. The highest BCUT2D eigenvalue weighted by Gasteiger charge is 2.12. The van der Waals surface area contributed by atoms with Crippen LogP contribution in [0.25, 0.3) is 11.3 Å². The van der Waals surface area contributed by atoms with Crippen molar-refractivity contribution < 1.29 is 14.1 Å². The van der Waals surface area contributed by atoms with Gasteiger partial charge in [-0.3, -0.25) is 9.78 Å². The van der Waals surface area contributed by atoms with Gasteiger partial charge < -0.3 is 14.6 Å². The molecular weight excluding hydrogens is 318 g/mol. The van der Waals surface area contributed by atoms with Gasteiger partial charge in [0.1, 0.15) is 12.4 Å². The molecule has 0 radical (unpaired) electrons. The van der Waals surface area contributed by atoms with Crippen LogP contribution < -0.4 is 10.1 Å². The number of hydrogen-bond donors (Lipinski definition) is 1. The molecule has 25 heavy (non-hydrogen) atoms. The largest absolute Gasteiger partial charge is 0.479 e. The van der Waals surface area contributed by atoms with Crippen molar-refractivity contribution in [3.8, 4) is 28.9 Å². The minimum absolute atomic E-state index is 0.197. The number of rotatable bonds is 5. The summed E-state index contributed by atoms with van der Waals surface area (Å²) in [4.78, 5) is 15.9. The monoisotopic (exact) mass is 333 g/mol. The number of carbonyl (C=O) groups is 1. The van der Waals surface area contributed by atoms with Crippen LogP contribution in [-0.4, -0.2) is 29.2 Å².